The van der Waals surface area contributed by atoms with E-state index in [0.29, 0.717) is 12.8 Å². The Morgan fingerprint density at radius 1 is 1.59 bits per heavy atom. The molecule has 2 heterocycles. The van der Waals surface area contributed by atoms with Crippen LogP contribution < -0.4 is 0 Å². The van der Waals surface area contributed by atoms with E-state index in [2.05, 4.69) is 0 Å². The van der Waals surface area contributed by atoms with Crippen LogP contribution in [0.1, 0.15) is 26.2 Å². The first-order chi connectivity index (χ1) is 8.04. The zero-order valence-corrected chi connectivity index (χ0v) is 9.76. The molecular weight excluding hydrogens is 226 g/mol. The van der Waals surface area contributed by atoms with E-state index in [4.69, 9.17) is 4.74 Å². The minimum atomic E-state index is -1.82. The smallest absolute Gasteiger partial charge is 0.410 e. The molecule has 2 saturated heterocycles. The van der Waals surface area contributed by atoms with Crippen LogP contribution in [0.3, 0.4) is 0 Å². The molecule has 96 valence electrons. The van der Waals surface area contributed by atoms with Crippen molar-refractivity contribution in [3.05, 3.63) is 0 Å². The molecule has 0 radical (unpaired) electrons. The second kappa shape index (κ2) is 4.27. The van der Waals surface area contributed by atoms with Crippen LogP contribution in [0.5, 0.6) is 0 Å². The largest absolute Gasteiger partial charge is 0.450 e. The fraction of sp³-hybridized carbons (Fsp3) is 0.818. The lowest BCUT2D eigenvalue weighted by Gasteiger charge is -2.42. The summed E-state index contributed by atoms with van der Waals surface area (Å²) in [5, 5.41) is 19.4. The molecule has 17 heavy (non-hydrogen) atoms. The molecule has 0 aromatic heterocycles. The number of nitrogens with zero attached hydrogens (tertiary/aromatic N) is 1. The molecule has 6 heteroatoms. The molecule has 0 aromatic carbocycles. The van der Waals surface area contributed by atoms with Crippen molar-refractivity contribution in [1.82, 2.24) is 4.90 Å². The summed E-state index contributed by atoms with van der Waals surface area (Å²) in [7, 11) is 0. The van der Waals surface area contributed by atoms with Crippen LogP contribution in [0.25, 0.3) is 0 Å². The number of ketones is 1. The number of hydrogen-bond acceptors (Lipinski definition) is 5. The SMILES string of the molecule is CCOC(=O)N1[C@H]2CC[C@@H]1[C@](O)(CO)C(=O)C2. The third-order valence-electron chi connectivity index (χ3n) is 3.68. The van der Waals surface area contributed by atoms with E-state index < -0.39 is 24.3 Å². The number of carbonyl (C=O) groups is 2. The lowest BCUT2D eigenvalue weighted by molar-refractivity contribution is -0.156. The van der Waals surface area contributed by atoms with Gasteiger partial charge in [0.15, 0.2) is 11.4 Å². The Balaban J connectivity index is 2.26. The number of Topliss-reactive ketones (excluding diaryl/α,β-unsaturated/α-hetero) is 1. The number of aliphatic hydroxyl groups excluding tert-OH is 1. The number of ether oxygens (including phenoxy) is 1. The van der Waals surface area contributed by atoms with Crippen molar-refractivity contribution in [2.45, 2.75) is 43.9 Å². The van der Waals surface area contributed by atoms with Gasteiger partial charge in [0.05, 0.1) is 19.3 Å². The summed E-state index contributed by atoms with van der Waals surface area (Å²) in [4.78, 5) is 24.9. The van der Waals surface area contributed by atoms with E-state index in [-0.39, 0.29) is 24.9 Å². The fourth-order valence-corrected chi connectivity index (χ4v) is 2.80. The normalized spacial score (nSPS) is 36.2. The van der Waals surface area contributed by atoms with Gasteiger partial charge >= 0.3 is 6.09 Å². The molecule has 2 rings (SSSR count). The predicted molar refractivity (Wildman–Crippen MR) is 57.3 cm³/mol. The minimum absolute atomic E-state index is 0.0897. The third-order valence-corrected chi connectivity index (χ3v) is 3.68. The van der Waals surface area contributed by atoms with Crippen molar-refractivity contribution in [3.8, 4) is 0 Å². The molecule has 2 aliphatic heterocycles. The van der Waals surface area contributed by atoms with Crippen LogP contribution >= 0.6 is 0 Å². The van der Waals surface area contributed by atoms with Gasteiger partial charge in [-0.3, -0.25) is 9.69 Å². The van der Waals surface area contributed by atoms with Crippen LogP contribution in [0.2, 0.25) is 0 Å². The van der Waals surface area contributed by atoms with Crippen LogP contribution in [0.15, 0.2) is 0 Å². The summed E-state index contributed by atoms with van der Waals surface area (Å²) in [5.41, 5.74) is -1.82. The van der Waals surface area contributed by atoms with Crippen LogP contribution in [-0.2, 0) is 9.53 Å². The van der Waals surface area contributed by atoms with E-state index in [0.717, 1.165) is 0 Å². The molecule has 2 N–H and O–H groups in total. The maximum atomic E-state index is 11.8. The summed E-state index contributed by atoms with van der Waals surface area (Å²) < 4.78 is 4.92. The van der Waals surface area contributed by atoms with Gasteiger partial charge in [0, 0.05) is 12.5 Å². The quantitative estimate of drug-likeness (QED) is 0.693. The summed E-state index contributed by atoms with van der Waals surface area (Å²) >= 11 is 0. The van der Waals surface area contributed by atoms with Gasteiger partial charge in [-0.25, -0.2) is 4.79 Å². The Morgan fingerprint density at radius 2 is 2.29 bits per heavy atom. The Hall–Kier alpha value is -1.14. The van der Waals surface area contributed by atoms with E-state index in [1.807, 2.05) is 0 Å². The zero-order chi connectivity index (χ0) is 12.6. The molecule has 0 spiro atoms. The molecular formula is C11H17NO5. The van der Waals surface area contributed by atoms with E-state index >= 15 is 0 Å². The zero-order valence-electron chi connectivity index (χ0n) is 9.76. The number of rotatable bonds is 2. The standard InChI is InChI=1S/C11H17NO5/c1-2-17-10(15)12-7-3-4-8(12)11(16,6-13)9(14)5-7/h7-8,13,16H,2-6H2,1H3/t7-,8+,11+/m0/s1. The minimum Gasteiger partial charge on any atom is -0.450 e. The van der Waals surface area contributed by atoms with Gasteiger partial charge in [-0.05, 0) is 19.8 Å². The molecule has 0 unspecified atom stereocenters. The highest BCUT2D eigenvalue weighted by Gasteiger charge is 2.57. The maximum Gasteiger partial charge on any atom is 0.410 e. The van der Waals surface area contributed by atoms with Gasteiger partial charge in [-0.2, -0.15) is 0 Å². The molecule has 6 nitrogen and oxygen atoms in total. The molecule has 0 aliphatic carbocycles. The van der Waals surface area contributed by atoms with Gasteiger partial charge in [0.1, 0.15) is 0 Å². The van der Waals surface area contributed by atoms with Gasteiger partial charge in [-0.15, -0.1) is 0 Å². The summed E-state index contributed by atoms with van der Waals surface area (Å²) in [6, 6.07) is -0.851. The third kappa shape index (κ3) is 1.71. The average molecular weight is 243 g/mol. The Morgan fingerprint density at radius 3 is 2.88 bits per heavy atom. The van der Waals surface area contributed by atoms with Crippen LogP contribution in [0, 0.1) is 0 Å². The lowest BCUT2D eigenvalue weighted by Crippen LogP contribution is -2.64. The molecule has 0 saturated carbocycles. The number of hydrogen-bond donors (Lipinski definition) is 2. The molecule has 1 amide bonds. The Kier molecular flexibility index (Phi) is 3.09. The number of piperidine rings is 1. The topological polar surface area (TPSA) is 87.1 Å². The van der Waals surface area contributed by atoms with Gasteiger partial charge in [0.25, 0.3) is 0 Å². The van der Waals surface area contributed by atoms with Crippen molar-refractivity contribution in [2.24, 2.45) is 0 Å². The Bertz CT molecular complexity index is 345. The molecule has 3 atom stereocenters. The average Bonchev–Trinajstić information content (AvgIpc) is 2.67. The first-order valence-electron chi connectivity index (χ1n) is 5.86. The highest BCUT2D eigenvalue weighted by Crippen LogP contribution is 2.39. The Labute approximate surface area is 99.2 Å². The second-order valence-electron chi connectivity index (χ2n) is 4.56. The van der Waals surface area contributed by atoms with Crippen molar-refractivity contribution >= 4 is 11.9 Å². The van der Waals surface area contributed by atoms with Crippen molar-refractivity contribution in [1.29, 1.82) is 0 Å². The monoisotopic (exact) mass is 243 g/mol. The van der Waals surface area contributed by atoms with Crippen LogP contribution in [-0.4, -0.2) is 57.9 Å². The summed E-state index contributed by atoms with van der Waals surface area (Å²) in [5.74, 6) is -0.381. The van der Waals surface area contributed by atoms with Crippen molar-refractivity contribution in [3.63, 3.8) is 0 Å². The highest BCUT2D eigenvalue weighted by atomic mass is 16.6. The first kappa shape index (κ1) is 12.3. The summed E-state index contributed by atoms with van der Waals surface area (Å²) in [6.07, 6.45) is 0.760. The van der Waals surface area contributed by atoms with Gasteiger partial charge < -0.3 is 14.9 Å². The predicted octanol–water partition coefficient (Wildman–Crippen LogP) is -0.328. The maximum absolute atomic E-state index is 11.8. The highest BCUT2D eigenvalue weighted by molar-refractivity contribution is 5.91. The molecule has 0 aromatic rings. The van der Waals surface area contributed by atoms with E-state index in [9.17, 15) is 19.8 Å². The number of fused-ring (bicyclic) bond motifs is 2. The molecule has 2 fully saturated rings. The van der Waals surface area contributed by atoms with Crippen molar-refractivity contribution in [2.75, 3.05) is 13.2 Å². The summed E-state index contributed by atoms with van der Waals surface area (Å²) in [6.45, 7) is 1.30. The number of carbonyl (C=O) groups excluding carboxylic acids is 2. The number of aliphatic hydroxyl groups is 2. The van der Waals surface area contributed by atoms with Crippen molar-refractivity contribution < 1.29 is 24.5 Å². The van der Waals surface area contributed by atoms with E-state index in [1.165, 1.54) is 4.90 Å². The second-order valence-corrected chi connectivity index (χ2v) is 4.56. The lowest BCUT2D eigenvalue weighted by atomic mass is 9.85. The first-order valence-corrected chi connectivity index (χ1v) is 5.86. The van der Waals surface area contributed by atoms with E-state index in [1.54, 1.807) is 6.92 Å². The number of amides is 1. The van der Waals surface area contributed by atoms with Gasteiger partial charge in [-0.1, -0.05) is 0 Å². The molecule has 2 bridgehead atoms. The fourth-order valence-electron chi connectivity index (χ4n) is 2.80. The van der Waals surface area contributed by atoms with Gasteiger partial charge in [0.2, 0.25) is 0 Å². The molecule has 2 aliphatic rings. The van der Waals surface area contributed by atoms with Crippen LogP contribution in [0.4, 0.5) is 4.79 Å².